The van der Waals surface area contributed by atoms with Gasteiger partial charge < -0.3 is 19.6 Å². The second-order valence-corrected chi connectivity index (χ2v) is 22.7. The zero-order valence-corrected chi connectivity index (χ0v) is 44.3. The SMILES string of the molecule is CC(C)c1cc(C(C)C)c(B2c3cc(F)ccc3N(c3ccccc3)c3cc4c(cc32)B2c3ccccc3N3c5ccccc5B5c6ccccc6N(c6ccccc6)c6cc(c2c3c65)N4c2ccccc2)c(C(C)C)c1. The molecule has 0 saturated carbocycles. The van der Waals surface area contributed by atoms with Crippen LogP contribution in [0, 0.1) is 5.82 Å². The third kappa shape index (κ3) is 6.60. The van der Waals surface area contributed by atoms with Gasteiger partial charge in [-0.15, -0.1) is 0 Å². The van der Waals surface area contributed by atoms with Gasteiger partial charge in [-0.25, -0.2) is 4.39 Å². The molecule has 15 rings (SSSR count). The Labute approximate surface area is 453 Å². The van der Waals surface area contributed by atoms with Crippen LogP contribution < -0.4 is 68.8 Å². The minimum Gasteiger partial charge on any atom is -0.312 e. The van der Waals surface area contributed by atoms with E-state index in [4.69, 9.17) is 0 Å². The Kier molecular flexibility index (Phi) is 10.3. The van der Waals surface area contributed by atoms with Gasteiger partial charge in [-0.3, -0.25) is 0 Å². The molecular weight excluding hydrogens is 936 g/mol. The molecule has 10 aromatic rings. The molecule has 0 unspecified atom stereocenters. The summed E-state index contributed by atoms with van der Waals surface area (Å²) in [4.78, 5) is 10.1. The first-order chi connectivity index (χ1) is 37.7. The molecule has 0 fully saturated rings. The molecule has 0 spiro atoms. The van der Waals surface area contributed by atoms with Gasteiger partial charge in [0.1, 0.15) is 5.82 Å². The van der Waals surface area contributed by atoms with Gasteiger partial charge in [0.25, 0.3) is 13.4 Å². The van der Waals surface area contributed by atoms with Crippen molar-refractivity contribution < 1.29 is 4.39 Å². The van der Waals surface area contributed by atoms with Gasteiger partial charge in [0, 0.05) is 68.2 Å². The van der Waals surface area contributed by atoms with Gasteiger partial charge >= 0.3 is 0 Å². The van der Waals surface area contributed by atoms with Crippen LogP contribution in [0.5, 0.6) is 0 Å². The third-order valence-corrected chi connectivity index (χ3v) is 17.4. The maximum atomic E-state index is 16.5. The van der Waals surface area contributed by atoms with E-state index in [1.54, 1.807) is 6.07 Å². The highest BCUT2D eigenvalue weighted by Gasteiger charge is 2.52. The van der Waals surface area contributed by atoms with Crippen molar-refractivity contribution in [2.75, 3.05) is 19.6 Å². The Morgan fingerprint density at radius 1 is 0.299 bits per heavy atom. The standard InChI is InChI=1S/C69H56B3FN4/c1-42(2)45-36-50(43(3)4)66(51(37-45)44(5)6)72-55-38-46(73)34-35-61(55)74(47-22-10-7-11-23-47)62-40-63-56(39-57(62)72)71-54-30-18-21-33-60(54)77-59-32-20-17-29-53(59)70-52-28-16-19-31-58(52)75(48-24-12-8-13-25-48)64-41-65(68(71)69(77)67(64)70)76(63)49-26-14-9-15-27-49/h7-44H,1-6H3. The van der Waals surface area contributed by atoms with Gasteiger partial charge in [-0.2, -0.15) is 0 Å². The minimum absolute atomic E-state index is 0.0112. The molecule has 8 heteroatoms. The first-order valence-corrected chi connectivity index (χ1v) is 27.6. The molecule has 368 valence electrons. The molecule has 0 radical (unpaired) electrons. The van der Waals surface area contributed by atoms with E-state index in [-0.39, 0.29) is 37.8 Å². The molecule has 0 N–H and O–H groups in total. The zero-order chi connectivity index (χ0) is 52.0. The van der Waals surface area contributed by atoms with Crippen LogP contribution >= 0.6 is 0 Å². The summed E-state index contributed by atoms with van der Waals surface area (Å²) in [5, 5.41) is 0. The molecule has 0 atom stereocenters. The monoisotopic (exact) mass is 992 g/mol. The van der Waals surface area contributed by atoms with Crippen LogP contribution in [0.15, 0.2) is 212 Å². The first-order valence-electron chi connectivity index (χ1n) is 27.6. The highest BCUT2D eigenvalue weighted by Crippen LogP contribution is 2.51. The van der Waals surface area contributed by atoms with Crippen molar-refractivity contribution in [2.45, 2.75) is 59.3 Å². The molecular formula is C69H56B3FN4. The predicted octanol–water partition coefficient (Wildman–Crippen LogP) is 12.2. The average molecular weight is 993 g/mol. The van der Waals surface area contributed by atoms with Crippen molar-refractivity contribution in [1.82, 2.24) is 0 Å². The molecule has 0 aliphatic carbocycles. The Hall–Kier alpha value is -8.48. The van der Waals surface area contributed by atoms with Crippen LogP contribution in [-0.2, 0) is 0 Å². The Bertz CT molecular complexity index is 4010. The summed E-state index contributed by atoms with van der Waals surface area (Å²) in [6.07, 6.45) is 0. The molecule has 4 nitrogen and oxygen atoms in total. The number of benzene rings is 10. The summed E-state index contributed by atoms with van der Waals surface area (Å²) >= 11 is 0. The van der Waals surface area contributed by atoms with Gasteiger partial charge in [-0.1, -0.05) is 174 Å². The number of halogens is 1. The van der Waals surface area contributed by atoms with Crippen molar-refractivity contribution in [3.8, 4) is 0 Å². The van der Waals surface area contributed by atoms with E-state index >= 15 is 4.39 Å². The van der Waals surface area contributed by atoms with Crippen LogP contribution in [0.1, 0.15) is 76.0 Å². The fourth-order valence-corrected chi connectivity index (χ4v) is 14.2. The van der Waals surface area contributed by atoms with E-state index in [0.29, 0.717) is 5.92 Å². The number of hydrogen-bond donors (Lipinski definition) is 0. The van der Waals surface area contributed by atoms with Crippen molar-refractivity contribution in [2.24, 2.45) is 0 Å². The van der Waals surface area contributed by atoms with Crippen molar-refractivity contribution in [1.29, 1.82) is 0 Å². The van der Waals surface area contributed by atoms with Crippen LogP contribution in [0.4, 0.5) is 72.6 Å². The fraction of sp³-hybridized carbons (Fsp3) is 0.130. The van der Waals surface area contributed by atoms with Gasteiger partial charge in [0.2, 0.25) is 6.71 Å². The lowest BCUT2D eigenvalue weighted by molar-refractivity contribution is 0.629. The molecule has 5 aliphatic rings. The minimum atomic E-state index is -0.270. The fourth-order valence-electron chi connectivity index (χ4n) is 14.2. The lowest BCUT2D eigenvalue weighted by Gasteiger charge is -2.51. The maximum absolute atomic E-state index is 16.5. The number of para-hydroxylation sites is 6. The van der Waals surface area contributed by atoms with Crippen molar-refractivity contribution in [3.05, 3.63) is 235 Å². The third-order valence-electron chi connectivity index (χ3n) is 17.4. The summed E-state index contributed by atoms with van der Waals surface area (Å²) in [6, 6.07) is 78.1. The van der Waals surface area contributed by atoms with E-state index in [0.717, 1.165) is 45.3 Å². The number of anilines is 12. The van der Waals surface area contributed by atoms with E-state index in [9.17, 15) is 0 Å². The van der Waals surface area contributed by atoms with Crippen LogP contribution in [0.25, 0.3) is 0 Å². The maximum Gasteiger partial charge on any atom is 0.252 e. The molecule has 77 heavy (non-hydrogen) atoms. The number of hydrogen-bond acceptors (Lipinski definition) is 4. The zero-order valence-electron chi connectivity index (χ0n) is 44.3. The summed E-state index contributed by atoms with van der Waals surface area (Å²) in [5.41, 5.74) is 28.9. The number of rotatable bonds is 7. The lowest BCUT2D eigenvalue weighted by Crippen LogP contribution is -2.69. The van der Waals surface area contributed by atoms with E-state index in [2.05, 4.69) is 255 Å². The number of nitrogens with zero attached hydrogens (tertiary/aromatic N) is 4. The smallest absolute Gasteiger partial charge is 0.252 e. The predicted molar refractivity (Wildman–Crippen MR) is 328 cm³/mol. The Balaban J connectivity index is 1.11. The van der Waals surface area contributed by atoms with Gasteiger partial charge in [0.15, 0.2) is 0 Å². The highest BCUT2D eigenvalue weighted by atomic mass is 19.1. The van der Waals surface area contributed by atoms with Crippen LogP contribution in [0.2, 0.25) is 0 Å². The topological polar surface area (TPSA) is 13.0 Å². The first kappa shape index (κ1) is 45.9. The van der Waals surface area contributed by atoms with Gasteiger partial charge in [-0.05, 0) is 163 Å². The van der Waals surface area contributed by atoms with Crippen LogP contribution in [0.3, 0.4) is 0 Å². The normalized spacial score (nSPS) is 14.1. The molecule has 0 saturated heterocycles. The Morgan fingerprint density at radius 2 is 0.662 bits per heavy atom. The second-order valence-electron chi connectivity index (χ2n) is 22.7. The summed E-state index contributed by atoms with van der Waals surface area (Å²) in [5.74, 6) is 0.566. The number of fused-ring (bicyclic) bond motifs is 12. The lowest BCUT2D eigenvalue weighted by atomic mass is 9.28. The Morgan fingerprint density at radius 3 is 1.13 bits per heavy atom. The molecule has 10 aromatic carbocycles. The van der Waals surface area contributed by atoms with Crippen LogP contribution in [-0.4, -0.2) is 20.1 Å². The van der Waals surface area contributed by atoms with Crippen molar-refractivity contribution >= 4 is 138 Å². The summed E-state index contributed by atoms with van der Waals surface area (Å²) in [7, 11) is 0. The van der Waals surface area contributed by atoms with E-state index < -0.39 is 0 Å². The molecule has 5 aliphatic heterocycles. The summed E-state index contributed by atoms with van der Waals surface area (Å²) in [6.45, 7) is 13.5. The second kappa shape index (κ2) is 17.3. The largest absolute Gasteiger partial charge is 0.312 e. The molecule has 5 heterocycles. The van der Waals surface area contributed by atoms with Crippen molar-refractivity contribution in [3.63, 3.8) is 0 Å². The molecule has 0 aromatic heterocycles. The molecule has 0 amide bonds. The van der Waals surface area contributed by atoms with Gasteiger partial charge in [0.05, 0.1) is 0 Å². The highest BCUT2D eigenvalue weighted by molar-refractivity contribution is 7.05. The quantitative estimate of drug-likeness (QED) is 0.148. The van der Waals surface area contributed by atoms with E-state index in [1.807, 2.05) is 12.1 Å². The average Bonchev–Trinajstić information content (AvgIpc) is 3.58. The summed E-state index contributed by atoms with van der Waals surface area (Å²) < 4.78 is 16.5. The molecule has 0 bridgehead atoms. The van der Waals surface area contributed by atoms with E-state index in [1.165, 1.54) is 88.8 Å².